The molecular formula is C25H20N4O2S. The molecule has 5 rings (SSSR count). The predicted octanol–water partition coefficient (Wildman–Crippen LogP) is 5.22. The van der Waals surface area contributed by atoms with Crippen LogP contribution in [-0.4, -0.2) is 21.7 Å². The van der Waals surface area contributed by atoms with Gasteiger partial charge in [0, 0.05) is 35.1 Å². The third-order valence-electron chi connectivity index (χ3n) is 5.34. The fraction of sp³-hybridized carbons (Fsp3) is 0.0800. The molecule has 1 aliphatic heterocycles. The summed E-state index contributed by atoms with van der Waals surface area (Å²) in [5.41, 5.74) is 4.03. The highest BCUT2D eigenvalue weighted by Gasteiger charge is 2.37. The lowest BCUT2D eigenvalue weighted by Crippen LogP contribution is -2.37. The number of hydrogen-bond acceptors (Lipinski definition) is 5. The van der Waals surface area contributed by atoms with Gasteiger partial charge in [-0.25, -0.2) is 4.98 Å². The zero-order chi connectivity index (χ0) is 21.9. The number of amides is 2. The van der Waals surface area contributed by atoms with Crippen LogP contribution in [0.25, 0.3) is 0 Å². The van der Waals surface area contributed by atoms with Crippen molar-refractivity contribution in [3.63, 3.8) is 0 Å². The van der Waals surface area contributed by atoms with Crippen molar-refractivity contribution < 1.29 is 9.59 Å². The van der Waals surface area contributed by atoms with Crippen LogP contribution in [0.3, 0.4) is 0 Å². The maximum Gasteiger partial charge on any atom is 0.255 e. The van der Waals surface area contributed by atoms with E-state index in [4.69, 9.17) is 0 Å². The number of carbonyl (C=O) groups is 2. The Labute approximate surface area is 189 Å². The summed E-state index contributed by atoms with van der Waals surface area (Å²) in [6.07, 6.45) is 1.63. The molecule has 0 saturated heterocycles. The molecule has 0 aliphatic carbocycles. The normalized spacial score (nSPS) is 13.5. The second-order valence-corrected chi connectivity index (χ2v) is 8.33. The Kier molecular flexibility index (Phi) is 5.39. The number of para-hydroxylation sites is 1. The third-order valence-corrected chi connectivity index (χ3v) is 6.03. The minimum Gasteiger partial charge on any atom is -0.356 e. The number of aromatic nitrogens is 1. The lowest BCUT2D eigenvalue weighted by molar-refractivity contribution is -0.120. The molecule has 1 aliphatic rings. The minimum absolute atomic E-state index is 0.167. The molecule has 158 valence electrons. The summed E-state index contributed by atoms with van der Waals surface area (Å²) in [5, 5.41) is 8.48. The largest absolute Gasteiger partial charge is 0.356 e. The summed E-state index contributed by atoms with van der Waals surface area (Å²) in [5.74, 6) is -0.449. The fourth-order valence-electron chi connectivity index (χ4n) is 3.87. The lowest BCUT2D eigenvalue weighted by atomic mass is 10.0. The van der Waals surface area contributed by atoms with Crippen LogP contribution in [0.4, 0.5) is 16.5 Å². The highest BCUT2D eigenvalue weighted by atomic mass is 32.1. The van der Waals surface area contributed by atoms with Crippen LogP contribution < -0.4 is 10.6 Å². The second kappa shape index (κ2) is 8.64. The van der Waals surface area contributed by atoms with Gasteiger partial charge in [-0.1, -0.05) is 54.6 Å². The maximum atomic E-state index is 13.4. The summed E-state index contributed by atoms with van der Waals surface area (Å²) >= 11 is 1.34. The Morgan fingerprint density at radius 1 is 0.969 bits per heavy atom. The van der Waals surface area contributed by atoms with Crippen molar-refractivity contribution in [1.82, 2.24) is 9.88 Å². The van der Waals surface area contributed by atoms with E-state index in [0.717, 1.165) is 22.5 Å². The topological polar surface area (TPSA) is 74.3 Å². The summed E-state index contributed by atoms with van der Waals surface area (Å²) in [4.78, 5) is 32.4. The van der Waals surface area contributed by atoms with Gasteiger partial charge in [-0.2, -0.15) is 0 Å². The molecule has 32 heavy (non-hydrogen) atoms. The number of thiazole rings is 1. The highest BCUT2D eigenvalue weighted by Crippen LogP contribution is 2.34. The number of anilines is 3. The molecule has 2 heterocycles. The Bertz CT molecular complexity index is 1240. The molecular weight excluding hydrogens is 420 g/mol. The number of rotatable bonds is 6. The van der Waals surface area contributed by atoms with Gasteiger partial charge in [-0.3, -0.25) is 14.9 Å². The molecule has 1 atom stereocenters. The molecule has 7 heteroatoms. The molecule has 0 fully saturated rings. The molecule has 0 saturated carbocycles. The minimum atomic E-state index is -0.759. The van der Waals surface area contributed by atoms with E-state index >= 15 is 0 Å². The van der Waals surface area contributed by atoms with Crippen molar-refractivity contribution in [1.29, 1.82) is 0 Å². The van der Waals surface area contributed by atoms with Gasteiger partial charge in [0.2, 0.25) is 0 Å². The van der Waals surface area contributed by atoms with Gasteiger partial charge in [0.25, 0.3) is 11.8 Å². The zero-order valence-corrected chi connectivity index (χ0v) is 17.9. The van der Waals surface area contributed by atoms with Crippen molar-refractivity contribution in [2.24, 2.45) is 0 Å². The van der Waals surface area contributed by atoms with Gasteiger partial charge >= 0.3 is 0 Å². The third kappa shape index (κ3) is 3.98. The standard InChI is InChI=1S/C25H20N4O2S/c30-23(28-25-26-13-14-32-25)22(17-7-3-1-4-8-17)29-16-18-11-12-20(15-21(18)24(29)31)27-19-9-5-2-6-10-19/h1-15,22,27H,16H2,(H,26,28,30)/t22-/m1/s1. The van der Waals surface area contributed by atoms with E-state index in [1.165, 1.54) is 11.3 Å². The van der Waals surface area contributed by atoms with Gasteiger partial charge in [-0.15, -0.1) is 11.3 Å². The number of fused-ring (bicyclic) bond motifs is 1. The molecule has 2 amide bonds. The quantitative estimate of drug-likeness (QED) is 0.431. The molecule has 6 nitrogen and oxygen atoms in total. The Morgan fingerprint density at radius 3 is 2.44 bits per heavy atom. The first-order valence-electron chi connectivity index (χ1n) is 10.2. The van der Waals surface area contributed by atoms with E-state index in [9.17, 15) is 9.59 Å². The number of benzene rings is 3. The van der Waals surface area contributed by atoms with Gasteiger partial charge < -0.3 is 10.2 Å². The van der Waals surface area contributed by atoms with Gasteiger partial charge in [0.15, 0.2) is 5.13 Å². The van der Waals surface area contributed by atoms with E-state index in [1.54, 1.807) is 16.5 Å². The van der Waals surface area contributed by atoms with E-state index in [1.807, 2.05) is 78.9 Å². The smallest absolute Gasteiger partial charge is 0.255 e. The number of carbonyl (C=O) groups excluding carboxylic acids is 2. The van der Waals surface area contributed by atoms with E-state index in [-0.39, 0.29) is 11.8 Å². The van der Waals surface area contributed by atoms with Crippen LogP contribution in [0.5, 0.6) is 0 Å². The Balaban J connectivity index is 1.44. The predicted molar refractivity (Wildman–Crippen MR) is 126 cm³/mol. The molecule has 0 bridgehead atoms. The summed E-state index contributed by atoms with van der Waals surface area (Å²) in [6, 6.07) is 24.1. The van der Waals surface area contributed by atoms with Crippen molar-refractivity contribution in [2.45, 2.75) is 12.6 Å². The Morgan fingerprint density at radius 2 is 1.72 bits per heavy atom. The molecule has 3 aromatic carbocycles. The van der Waals surface area contributed by atoms with E-state index < -0.39 is 6.04 Å². The fourth-order valence-corrected chi connectivity index (χ4v) is 4.40. The van der Waals surface area contributed by atoms with Crippen LogP contribution in [0.15, 0.2) is 90.4 Å². The molecule has 0 radical (unpaired) electrons. The first-order chi connectivity index (χ1) is 15.7. The lowest BCUT2D eigenvalue weighted by Gasteiger charge is -2.27. The first kappa shape index (κ1) is 20.0. The molecule has 4 aromatic rings. The van der Waals surface area contributed by atoms with Crippen LogP contribution in [-0.2, 0) is 11.3 Å². The number of nitrogens with one attached hydrogen (secondary N) is 2. The average molecular weight is 441 g/mol. The average Bonchev–Trinajstić information content (AvgIpc) is 3.44. The molecule has 0 unspecified atom stereocenters. The van der Waals surface area contributed by atoms with Crippen molar-refractivity contribution in [2.75, 3.05) is 10.6 Å². The van der Waals surface area contributed by atoms with E-state index in [0.29, 0.717) is 17.2 Å². The SMILES string of the molecule is O=C(Nc1nccs1)[C@@H](c1ccccc1)N1Cc2ccc(Nc3ccccc3)cc2C1=O. The van der Waals surface area contributed by atoms with Gasteiger partial charge in [0.1, 0.15) is 6.04 Å². The molecule has 1 aromatic heterocycles. The summed E-state index contributed by atoms with van der Waals surface area (Å²) in [6.45, 7) is 0.366. The summed E-state index contributed by atoms with van der Waals surface area (Å²) < 4.78 is 0. The first-order valence-corrected chi connectivity index (χ1v) is 11.1. The molecule has 2 N–H and O–H groups in total. The summed E-state index contributed by atoms with van der Waals surface area (Å²) in [7, 11) is 0. The van der Waals surface area contributed by atoms with Crippen LogP contribution >= 0.6 is 11.3 Å². The van der Waals surface area contributed by atoms with Crippen molar-refractivity contribution in [3.8, 4) is 0 Å². The second-order valence-electron chi connectivity index (χ2n) is 7.44. The van der Waals surface area contributed by atoms with Crippen LogP contribution in [0.2, 0.25) is 0 Å². The monoisotopic (exact) mass is 440 g/mol. The van der Waals surface area contributed by atoms with Crippen molar-refractivity contribution in [3.05, 3.63) is 107 Å². The zero-order valence-electron chi connectivity index (χ0n) is 17.1. The van der Waals surface area contributed by atoms with Crippen LogP contribution in [0.1, 0.15) is 27.5 Å². The van der Waals surface area contributed by atoms with Crippen molar-refractivity contribution >= 4 is 39.7 Å². The van der Waals surface area contributed by atoms with Gasteiger partial charge in [0.05, 0.1) is 0 Å². The number of hydrogen-bond donors (Lipinski definition) is 2. The maximum absolute atomic E-state index is 13.4. The Hall–Kier alpha value is -3.97. The highest BCUT2D eigenvalue weighted by molar-refractivity contribution is 7.13. The van der Waals surface area contributed by atoms with E-state index in [2.05, 4.69) is 15.6 Å². The van der Waals surface area contributed by atoms with Gasteiger partial charge in [-0.05, 0) is 35.4 Å². The molecule has 0 spiro atoms. The van der Waals surface area contributed by atoms with Crippen LogP contribution in [0, 0.1) is 0 Å². The number of nitrogens with zero attached hydrogens (tertiary/aromatic N) is 2.